The molecule has 0 aliphatic carbocycles. The standard InChI is InChI=1S/C17H18O3/c18-15(12-11-13-7-3-1-4-8-13)17(20)16(19)14-9-5-2-6-10-14/h1-10,15,17-18,20H,11-12H2. The van der Waals surface area contributed by atoms with Gasteiger partial charge in [-0.25, -0.2) is 0 Å². The molecule has 0 bridgehead atoms. The number of hydrogen-bond donors (Lipinski definition) is 2. The molecule has 2 unspecified atom stereocenters. The van der Waals surface area contributed by atoms with Gasteiger partial charge in [0.15, 0.2) is 5.78 Å². The molecule has 2 N–H and O–H groups in total. The predicted molar refractivity (Wildman–Crippen MR) is 77.5 cm³/mol. The summed E-state index contributed by atoms with van der Waals surface area (Å²) in [6.07, 6.45) is -1.45. The molecule has 2 aromatic carbocycles. The highest BCUT2D eigenvalue weighted by atomic mass is 16.3. The van der Waals surface area contributed by atoms with Gasteiger partial charge in [0.25, 0.3) is 0 Å². The Morgan fingerprint density at radius 1 is 0.900 bits per heavy atom. The van der Waals surface area contributed by atoms with Crippen molar-refractivity contribution in [3.63, 3.8) is 0 Å². The first-order valence-corrected chi connectivity index (χ1v) is 6.68. The molecule has 0 heterocycles. The number of Topliss-reactive ketones (excluding diaryl/α,β-unsaturated/α-hetero) is 1. The highest BCUT2D eigenvalue weighted by molar-refractivity contribution is 5.99. The van der Waals surface area contributed by atoms with Crippen molar-refractivity contribution in [2.24, 2.45) is 0 Å². The molecular weight excluding hydrogens is 252 g/mol. The van der Waals surface area contributed by atoms with Crippen LogP contribution >= 0.6 is 0 Å². The Morgan fingerprint density at radius 2 is 1.45 bits per heavy atom. The van der Waals surface area contributed by atoms with Crippen LogP contribution in [0.25, 0.3) is 0 Å². The number of ketones is 1. The number of aryl methyl sites for hydroxylation is 1. The van der Waals surface area contributed by atoms with Crippen molar-refractivity contribution in [2.75, 3.05) is 0 Å². The van der Waals surface area contributed by atoms with Crippen LogP contribution < -0.4 is 0 Å². The molecule has 0 saturated heterocycles. The van der Waals surface area contributed by atoms with Gasteiger partial charge < -0.3 is 10.2 Å². The Balaban J connectivity index is 1.92. The van der Waals surface area contributed by atoms with Crippen LogP contribution in [0.4, 0.5) is 0 Å². The third kappa shape index (κ3) is 3.76. The molecule has 3 nitrogen and oxygen atoms in total. The van der Waals surface area contributed by atoms with Crippen LogP contribution in [-0.2, 0) is 6.42 Å². The van der Waals surface area contributed by atoms with Crippen LogP contribution in [0.1, 0.15) is 22.3 Å². The third-order valence-corrected chi connectivity index (χ3v) is 3.26. The smallest absolute Gasteiger partial charge is 0.193 e. The maximum absolute atomic E-state index is 12.0. The lowest BCUT2D eigenvalue weighted by Gasteiger charge is -2.16. The molecule has 0 fully saturated rings. The monoisotopic (exact) mass is 270 g/mol. The second-order valence-electron chi connectivity index (χ2n) is 4.77. The molecule has 20 heavy (non-hydrogen) atoms. The van der Waals surface area contributed by atoms with Crippen molar-refractivity contribution in [1.82, 2.24) is 0 Å². The van der Waals surface area contributed by atoms with E-state index in [1.165, 1.54) is 0 Å². The summed E-state index contributed by atoms with van der Waals surface area (Å²) in [4.78, 5) is 12.0. The van der Waals surface area contributed by atoms with Crippen molar-refractivity contribution in [3.05, 3.63) is 71.8 Å². The van der Waals surface area contributed by atoms with Gasteiger partial charge in [0.1, 0.15) is 6.10 Å². The van der Waals surface area contributed by atoms with E-state index in [9.17, 15) is 15.0 Å². The minimum absolute atomic E-state index is 0.351. The average molecular weight is 270 g/mol. The summed E-state index contributed by atoms with van der Waals surface area (Å²) >= 11 is 0. The molecule has 0 radical (unpaired) electrons. The van der Waals surface area contributed by atoms with E-state index in [1.807, 2.05) is 30.3 Å². The van der Waals surface area contributed by atoms with E-state index in [4.69, 9.17) is 0 Å². The van der Waals surface area contributed by atoms with E-state index >= 15 is 0 Å². The van der Waals surface area contributed by atoms with Crippen LogP contribution in [-0.4, -0.2) is 28.2 Å². The van der Waals surface area contributed by atoms with Gasteiger partial charge in [-0.05, 0) is 18.4 Å². The summed E-state index contributed by atoms with van der Waals surface area (Å²) < 4.78 is 0. The van der Waals surface area contributed by atoms with Crippen molar-refractivity contribution >= 4 is 5.78 Å². The van der Waals surface area contributed by atoms with E-state index in [1.54, 1.807) is 30.3 Å². The first-order valence-electron chi connectivity index (χ1n) is 6.68. The minimum Gasteiger partial charge on any atom is -0.390 e. The van der Waals surface area contributed by atoms with Gasteiger partial charge in [-0.15, -0.1) is 0 Å². The quantitative estimate of drug-likeness (QED) is 0.791. The molecule has 3 heteroatoms. The summed E-state index contributed by atoms with van der Waals surface area (Å²) in [5, 5.41) is 19.9. The molecule has 2 rings (SSSR count). The number of aliphatic hydroxyl groups excluding tert-OH is 2. The van der Waals surface area contributed by atoms with Gasteiger partial charge in [-0.2, -0.15) is 0 Å². The second-order valence-corrected chi connectivity index (χ2v) is 4.77. The Bertz CT molecular complexity index is 537. The van der Waals surface area contributed by atoms with Crippen molar-refractivity contribution in [2.45, 2.75) is 25.0 Å². The van der Waals surface area contributed by atoms with Gasteiger partial charge >= 0.3 is 0 Å². The molecule has 0 aliphatic rings. The van der Waals surface area contributed by atoms with Gasteiger partial charge in [-0.1, -0.05) is 60.7 Å². The van der Waals surface area contributed by atoms with Crippen molar-refractivity contribution in [1.29, 1.82) is 0 Å². The molecule has 2 atom stereocenters. The summed E-state index contributed by atoms with van der Waals surface area (Å²) in [6, 6.07) is 18.2. The number of carbonyl (C=O) groups is 1. The van der Waals surface area contributed by atoms with E-state index in [-0.39, 0.29) is 0 Å². The Labute approximate surface area is 118 Å². The van der Waals surface area contributed by atoms with Gasteiger partial charge in [0, 0.05) is 5.56 Å². The number of carbonyl (C=O) groups excluding carboxylic acids is 1. The van der Waals surface area contributed by atoms with E-state index in [2.05, 4.69) is 0 Å². The Morgan fingerprint density at radius 3 is 2.05 bits per heavy atom. The fourth-order valence-electron chi connectivity index (χ4n) is 2.07. The van der Waals surface area contributed by atoms with Gasteiger partial charge in [0.2, 0.25) is 0 Å². The lowest BCUT2D eigenvalue weighted by Crippen LogP contribution is -2.34. The third-order valence-electron chi connectivity index (χ3n) is 3.26. The summed E-state index contributed by atoms with van der Waals surface area (Å²) in [5.41, 5.74) is 1.49. The van der Waals surface area contributed by atoms with Gasteiger partial charge in [-0.3, -0.25) is 4.79 Å². The van der Waals surface area contributed by atoms with Crippen molar-refractivity contribution < 1.29 is 15.0 Å². The summed E-state index contributed by atoms with van der Waals surface area (Å²) in [5.74, 6) is -0.439. The van der Waals surface area contributed by atoms with E-state index in [0.29, 0.717) is 18.4 Å². The fraction of sp³-hybridized carbons (Fsp3) is 0.235. The molecule has 0 spiro atoms. The van der Waals surface area contributed by atoms with Crippen LogP contribution in [0.3, 0.4) is 0 Å². The second kappa shape index (κ2) is 6.98. The van der Waals surface area contributed by atoms with Crippen LogP contribution in [0.5, 0.6) is 0 Å². The minimum atomic E-state index is -1.37. The van der Waals surface area contributed by atoms with Crippen LogP contribution in [0.2, 0.25) is 0 Å². The Hall–Kier alpha value is -1.97. The highest BCUT2D eigenvalue weighted by Crippen LogP contribution is 2.11. The maximum Gasteiger partial charge on any atom is 0.193 e. The maximum atomic E-state index is 12.0. The molecule has 0 aliphatic heterocycles. The molecular formula is C17H18O3. The first kappa shape index (κ1) is 14.4. The molecule has 0 saturated carbocycles. The topological polar surface area (TPSA) is 57.5 Å². The normalized spacial score (nSPS) is 13.7. The lowest BCUT2D eigenvalue weighted by molar-refractivity contribution is 0.0180. The van der Waals surface area contributed by atoms with Crippen LogP contribution in [0, 0.1) is 0 Å². The molecule has 0 aromatic heterocycles. The number of hydrogen-bond acceptors (Lipinski definition) is 3. The number of benzene rings is 2. The zero-order valence-corrected chi connectivity index (χ0v) is 11.1. The SMILES string of the molecule is O=C(c1ccccc1)C(O)C(O)CCc1ccccc1. The summed E-state index contributed by atoms with van der Waals surface area (Å²) in [7, 11) is 0. The molecule has 0 amide bonds. The largest absolute Gasteiger partial charge is 0.390 e. The summed E-state index contributed by atoms with van der Waals surface area (Å²) in [6.45, 7) is 0. The van der Waals surface area contributed by atoms with E-state index in [0.717, 1.165) is 5.56 Å². The zero-order chi connectivity index (χ0) is 14.4. The molecule has 104 valence electrons. The molecule has 2 aromatic rings. The number of rotatable bonds is 6. The van der Waals surface area contributed by atoms with Crippen molar-refractivity contribution in [3.8, 4) is 0 Å². The zero-order valence-electron chi connectivity index (χ0n) is 11.1. The average Bonchev–Trinajstić information content (AvgIpc) is 2.53. The lowest BCUT2D eigenvalue weighted by atomic mass is 9.98. The predicted octanol–water partition coefficient (Wildman–Crippen LogP) is 2.22. The Kier molecular flexibility index (Phi) is 5.04. The van der Waals surface area contributed by atoms with E-state index < -0.39 is 18.0 Å². The first-order chi connectivity index (χ1) is 9.68. The number of aliphatic hydroxyl groups is 2. The van der Waals surface area contributed by atoms with Gasteiger partial charge in [0.05, 0.1) is 6.10 Å². The highest BCUT2D eigenvalue weighted by Gasteiger charge is 2.24. The van der Waals surface area contributed by atoms with Crippen LogP contribution in [0.15, 0.2) is 60.7 Å². The fourth-order valence-corrected chi connectivity index (χ4v) is 2.07.